The van der Waals surface area contributed by atoms with Crippen LogP contribution in [0, 0.1) is 0 Å². The van der Waals surface area contributed by atoms with Crippen molar-refractivity contribution < 1.29 is 14.3 Å². The van der Waals surface area contributed by atoms with Gasteiger partial charge in [0.15, 0.2) is 11.2 Å². The second kappa shape index (κ2) is 4.80. The maximum Gasteiger partial charge on any atom is 0.203 e. The topological polar surface area (TPSA) is 38.8 Å². The van der Waals surface area contributed by atoms with E-state index in [1.54, 1.807) is 7.11 Å². The van der Waals surface area contributed by atoms with Crippen LogP contribution >= 0.6 is 0 Å². The molecule has 1 fully saturated rings. The number of ketones is 1. The van der Waals surface area contributed by atoms with Gasteiger partial charge in [-0.05, 0) is 23.3 Å². The Kier molecular flexibility index (Phi) is 2.77. The molecule has 2 unspecified atom stereocenters. The summed E-state index contributed by atoms with van der Waals surface area (Å²) in [6, 6.07) is 25.3. The van der Waals surface area contributed by atoms with Gasteiger partial charge in [-0.1, -0.05) is 66.7 Å². The van der Waals surface area contributed by atoms with Gasteiger partial charge in [0.25, 0.3) is 0 Å². The van der Waals surface area contributed by atoms with Crippen molar-refractivity contribution in [3.05, 3.63) is 101 Å². The summed E-state index contributed by atoms with van der Waals surface area (Å²) in [6.45, 7) is 0. The van der Waals surface area contributed by atoms with Gasteiger partial charge < -0.3 is 9.47 Å². The largest absolute Gasteiger partial charge is 0.497 e. The fourth-order valence-corrected chi connectivity index (χ4v) is 4.14. The molecule has 0 radical (unpaired) electrons. The second-order valence-corrected chi connectivity index (χ2v) is 6.43. The third-order valence-corrected chi connectivity index (χ3v) is 5.31. The van der Waals surface area contributed by atoms with Crippen molar-refractivity contribution in [2.24, 2.45) is 0 Å². The number of hydrogen-bond donors (Lipinski definition) is 0. The van der Waals surface area contributed by atoms with Crippen LogP contribution in [0.4, 0.5) is 0 Å². The van der Waals surface area contributed by atoms with E-state index in [0.29, 0.717) is 0 Å². The molecule has 122 valence electrons. The predicted molar refractivity (Wildman–Crippen MR) is 93.8 cm³/mol. The SMILES string of the molecule is COc1ccc(C23OC2(c2ccccc2)C(=O)c2ccccc23)cc1. The summed E-state index contributed by atoms with van der Waals surface area (Å²) in [5.41, 5.74) is 1.82. The molecule has 0 bridgehead atoms. The van der Waals surface area contributed by atoms with E-state index < -0.39 is 11.2 Å². The number of Topliss-reactive ketones (excluding diaryl/α,β-unsaturated/α-hetero) is 1. The molecule has 0 saturated carbocycles. The first-order valence-corrected chi connectivity index (χ1v) is 8.28. The molecule has 5 rings (SSSR count). The van der Waals surface area contributed by atoms with Gasteiger partial charge in [0.1, 0.15) is 5.75 Å². The van der Waals surface area contributed by atoms with Crippen molar-refractivity contribution in [3.8, 4) is 5.75 Å². The number of fused-ring (bicyclic) bond motifs is 3. The van der Waals surface area contributed by atoms with Crippen LogP contribution in [0.15, 0.2) is 78.9 Å². The predicted octanol–water partition coefficient (Wildman–Crippen LogP) is 4.06. The molecule has 1 heterocycles. The number of benzene rings is 3. The summed E-state index contributed by atoms with van der Waals surface area (Å²) < 4.78 is 11.6. The Bertz CT molecular complexity index is 978. The third-order valence-electron chi connectivity index (χ3n) is 5.31. The molecule has 3 aromatic rings. The van der Waals surface area contributed by atoms with Gasteiger partial charge in [-0.3, -0.25) is 4.79 Å². The smallest absolute Gasteiger partial charge is 0.203 e. The van der Waals surface area contributed by atoms with E-state index in [1.807, 2.05) is 78.9 Å². The van der Waals surface area contributed by atoms with Gasteiger partial charge in [0, 0.05) is 11.1 Å². The molecule has 3 aromatic carbocycles. The Balaban J connectivity index is 1.77. The maximum atomic E-state index is 13.3. The van der Waals surface area contributed by atoms with Gasteiger partial charge in [0.05, 0.1) is 7.11 Å². The Morgan fingerprint density at radius 2 is 1.40 bits per heavy atom. The van der Waals surface area contributed by atoms with Crippen molar-refractivity contribution in [3.63, 3.8) is 0 Å². The van der Waals surface area contributed by atoms with E-state index in [-0.39, 0.29) is 5.78 Å². The summed E-state index contributed by atoms with van der Waals surface area (Å²) in [7, 11) is 1.64. The van der Waals surface area contributed by atoms with Crippen LogP contribution in [-0.2, 0) is 15.9 Å². The molecule has 25 heavy (non-hydrogen) atoms. The molecule has 1 aliphatic heterocycles. The van der Waals surface area contributed by atoms with Crippen molar-refractivity contribution in [2.75, 3.05) is 7.11 Å². The van der Waals surface area contributed by atoms with Gasteiger partial charge in [-0.15, -0.1) is 0 Å². The number of rotatable bonds is 3. The molecule has 1 aliphatic carbocycles. The number of carbonyl (C=O) groups excluding carboxylic acids is 1. The Morgan fingerprint density at radius 3 is 2.12 bits per heavy atom. The molecule has 0 amide bonds. The van der Waals surface area contributed by atoms with Crippen LogP contribution in [0.3, 0.4) is 0 Å². The number of ether oxygens (including phenoxy) is 2. The first-order chi connectivity index (χ1) is 12.2. The highest BCUT2D eigenvalue weighted by molar-refractivity contribution is 6.12. The molecular formula is C22H16O3. The van der Waals surface area contributed by atoms with Crippen molar-refractivity contribution in [1.29, 1.82) is 0 Å². The Labute approximate surface area is 145 Å². The first-order valence-electron chi connectivity index (χ1n) is 8.28. The maximum absolute atomic E-state index is 13.3. The highest BCUT2D eigenvalue weighted by atomic mass is 16.6. The van der Waals surface area contributed by atoms with Crippen LogP contribution in [0.1, 0.15) is 27.0 Å². The Morgan fingerprint density at radius 1 is 0.760 bits per heavy atom. The molecule has 1 saturated heterocycles. The minimum absolute atomic E-state index is 0.0325. The summed E-state index contributed by atoms with van der Waals surface area (Å²) >= 11 is 0. The molecule has 3 heteroatoms. The fraction of sp³-hybridized carbons (Fsp3) is 0.136. The lowest BCUT2D eigenvalue weighted by atomic mass is 9.81. The minimum atomic E-state index is -0.966. The zero-order chi connectivity index (χ0) is 17.1. The quantitative estimate of drug-likeness (QED) is 0.681. The summed E-state index contributed by atoms with van der Waals surface area (Å²) in [5.74, 6) is 0.814. The van der Waals surface area contributed by atoms with E-state index in [4.69, 9.17) is 9.47 Å². The molecular weight excluding hydrogens is 312 g/mol. The molecule has 0 aromatic heterocycles. The fourth-order valence-electron chi connectivity index (χ4n) is 4.14. The summed E-state index contributed by atoms with van der Waals surface area (Å²) in [5, 5.41) is 0. The first kappa shape index (κ1) is 14.4. The zero-order valence-electron chi connectivity index (χ0n) is 13.7. The number of carbonyl (C=O) groups is 1. The van der Waals surface area contributed by atoms with Gasteiger partial charge >= 0.3 is 0 Å². The van der Waals surface area contributed by atoms with Crippen LogP contribution < -0.4 is 4.74 Å². The van der Waals surface area contributed by atoms with E-state index in [0.717, 1.165) is 28.0 Å². The van der Waals surface area contributed by atoms with Crippen molar-refractivity contribution in [1.82, 2.24) is 0 Å². The summed E-state index contributed by atoms with van der Waals surface area (Å²) in [6.07, 6.45) is 0. The van der Waals surface area contributed by atoms with Crippen LogP contribution in [0.2, 0.25) is 0 Å². The van der Waals surface area contributed by atoms with E-state index >= 15 is 0 Å². The molecule has 0 spiro atoms. The number of hydrogen-bond acceptors (Lipinski definition) is 3. The van der Waals surface area contributed by atoms with E-state index in [9.17, 15) is 4.79 Å². The second-order valence-electron chi connectivity index (χ2n) is 6.43. The molecule has 2 atom stereocenters. The Hall–Kier alpha value is -2.91. The highest BCUT2D eigenvalue weighted by Gasteiger charge is 2.81. The van der Waals surface area contributed by atoms with E-state index in [2.05, 4.69) is 0 Å². The van der Waals surface area contributed by atoms with Crippen LogP contribution in [0.5, 0.6) is 5.75 Å². The molecule has 3 nitrogen and oxygen atoms in total. The lowest BCUT2D eigenvalue weighted by molar-refractivity contribution is 0.0868. The molecule has 2 aliphatic rings. The number of epoxide rings is 1. The monoisotopic (exact) mass is 328 g/mol. The average molecular weight is 328 g/mol. The lowest BCUT2D eigenvalue weighted by Gasteiger charge is -2.14. The summed E-state index contributed by atoms with van der Waals surface area (Å²) in [4.78, 5) is 13.3. The van der Waals surface area contributed by atoms with Crippen molar-refractivity contribution >= 4 is 5.78 Å². The van der Waals surface area contributed by atoms with Gasteiger partial charge in [0.2, 0.25) is 5.78 Å². The van der Waals surface area contributed by atoms with Crippen molar-refractivity contribution in [2.45, 2.75) is 11.2 Å². The third kappa shape index (κ3) is 1.61. The minimum Gasteiger partial charge on any atom is -0.497 e. The van der Waals surface area contributed by atoms with Crippen LogP contribution in [-0.4, -0.2) is 12.9 Å². The number of methoxy groups -OCH3 is 1. The standard InChI is InChI=1S/C22H16O3/c1-24-17-13-11-16(12-14-17)21-19-10-6-5-9-18(19)20(23)22(21,25-21)15-7-3-2-4-8-15/h2-14H,1H3. The van der Waals surface area contributed by atoms with Gasteiger partial charge in [-0.2, -0.15) is 0 Å². The highest BCUT2D eigenvalue weighted by Crippen LogP contribution is 2.71. The normalized spacial score (nSPS) is 26.0. The van der Waals surface area contributed by atoms with Gasteiger partial charge in [-0.25, -0.2) is 0 Å². The van der Waals surface area contributed by atoms with E-state index in [1.165, 1.54) is 0 Å². The average Bonchev–Trinajstić information content (AvgIpc) is 3.35. The zero-order valence-corrected chi connectivity index (χ0v) is 13.7. The molecule has 0 N–H and O–H groups in total. The lowest BCUT2D eigenvalue weighted by Crippen LogP contribution is -2.24. The van der Waals surface area contributed by atoms with Crippen LogP contribution in [0.25, 0.3) is 0 Å².